The quantitative estimate of drug-likeness (QED) is 0.851. The second kappa shape index (κ2) is 5.74. The zero-order chi connectivity index (χ0) is 15.6. The highest BCUT2D eigenvalue weighted by atomic mass is 19.1. The molecule has 0 aliphatic heterocycles. The number of methoxy groups -OCH3 is 1. The van der Waals surface area contributed by atoms with E-state index in [4.69, 9.17) is 5.73 Å². The van der Waals surface area contributed by atoms with Gasteiger partial charge in [0.2, 0.25) is 0 Å². The summed E-state index contributed by atoms with van der Waals surface area (Å²) in [6, 6.07) is 3.75. The van der Waals surface area contributed by atoms with E-state index in [1.165, 1.54) is 32.4 Å². The van der Waals surface area contributed by atoms with Crippen molar-refractivity contribution in [3.63, 3.8) is 0 Å². The van der Waals surface area contributed by atoms with Crippen LogP contribution in [0.4, 0.5) is 26.0 Å². The van der Waals surface area contributed by atoms with E-state index in [0.29, 0.717) is 0 Å². The topological polar surface area (TPSA) is 77.2 Å². The second-order valence-corrected chi connectivity index (χ2v) is 4.33. The highest BCUT2D eigenvalue weighted by Crippen LogP contribution is 2.27. The molecule has 0 unspecified atom stereocenters. The molecule has 0 spiro atoms. The van der Waals surface area contributed by atoms with Gasteiger partial charge in [0.15, 0.2) is 5.82 Å². The van der Waals surface area contributed by atoms with Crippen LogP contribution in [0.5, 0.6) is 0 Å². The molecular weight excluding hydrogens is 280 g/mol. The fraction of sp³-hybridized carbons (Fsp3) is 0.143. The average molecular weight is 293 g/mol. The van der Waals surface area contributed by atoms with Gasteiger partial charge in [0.05, 0.1) is 19.0 Å². The van der Waals surface area contributed by atoms with E-state index >= 15 is 0 Å². The number of halogens is 2. The van der Waals surface area contributed by atoms with Crippen molar-refractivity contribution in [2.24, 2.45) is 0 Å². The molecule has 0 fully saturated rings. The van der Waals surface area contributed by atoms with Gasteiger partial charge >= 0.3 is 5.97 Å². The van der Waals surface area contributed by atoms with Gasteiger partial charge in [-0.05, 0) is 24.6 Å². The molecule has 0 amide bonds. The molecule has 5 nitrogen and oxygen atoms in total. The Balaban J connectivity index is 2.50. The van der Waals surface area contributed by atoms with Crippen LogP contribution in [0.1, 0.15) is 15.9 Å². The van der Waals surface area contributed by atoms with Crippen LogP contribution in [-0.2, 0) is 4.74 Å². The van der Waals surface area contributed by atoms with Crippen molar-refractivity contribution in [3.05, 3.63) is 47.2 Å². The highest BCUT2D eigenvalue weighted by molar-refractivity contribution is 5.96. The zero-order valence-corrected chi connectivity index (χ0v) is 11.4. The number of anilines is 3. The number of rotatable bonds is 3. The molecule has 2 aromatic rings. The van der Waals surface area contributed by atoms with Gasteiger partial charge in [-0.3, -0.25) is 0 Å². The normalized spacial score (nSPS) is 10.3. The van der Waals surface area contributed by atoms with Crippen molar-refractivity contribution in [2.45, 2.75) is 6.92 Å². The Morgan fingerprint density at radius 3 is 2.76 bits per heavy atom. The number of benzene rings is 1. The van der Waals surface area contributed by atoms with E-state index < -0.39 is 23.3 Å². The minimum absolute atomic E-state index is 0.0159. The van der Waals surface area contributed by atoms with Gasteiger partial charge < -0.3 is 15.8 Å². The molecule has 0 aliphatic rings. The van der Waals surface area contributed by atoms with Crippen LogP contribution in [0, 0.1) is 18.6 Å². The number of esters is 1. The standard InChI is InChI=1S/C14H13F2N3O2/c1-7-3-4-10(15)12(11(7)16)19-13-9(14(20)21-2)5-8(17)6-18-13/h3-6H,17H2,1-2H3,(H,18,19). The number of carbonyl (C=O) groups is 1. The Hall–Kier alpha value is -2.70. The number of aryl methyl sites for hydroxylation is 1. The molecule has 3 N–H and O–H groups in total. The van der Waals surface area contributed by atoms with Crippen molar-refractivity contribution >= 4 is 23.2 Å². The average Bonchev–Trinajstić information content (AvgIpc) is 2.48. The molecular formula is C14H13F2N3O2. The summed E-state index contributed by atoms with van der Waals surface area (Å²) in [6.45, 7) is 1.50. The van der Waals surface area contributed by atoms with E-state index in [1.54, 1.807) is 0 Å². The van der Waals surface area contributed by atoms with Crippen LogP contribution in [-0.4, -0.2) is 18.1 Å². The molecule has 0 saturated carbocycles. The molecule has 21 heavy (non-hydrogen) atoms. The van der Waals surface area contributed by atoms with Crippen molar-refractivity contribution in [2.75, 3.05) is 18.2 Å². The van der Waals surface area contributed by atoms with E-state index in [2.05, 4.69) is 15.0 Å². The number of pyridine rings is 1. The summed E-state index contributed by atoms with van der Waals surface area (Å²) in [6.07, 6.45) is 1.26. The first-order valence-corrected chi connectivity index (χ1v) is 5.99. The Kier molecular flexibility index (Phi) is 4.02. The first-order valence-electron chi connectivity index (χ1n) is 5.99. The van der Waals surface area contributed by atoms with Gasteiger partial charge in [-0.15, -0.1) is 0 Å². The number of aromatic nitrogens is 1. The SMILES string of the molecule is COC(=O)c1cc(N)cnc1Nc1c(F)ccc(C)c1F. The lowest BCUT2D eigenvalue weighted by atomic mass is 10.2. The number of nitrogens with one attached hydrogen (secondary N) is 1. The van der Waals surface area contributed by atoms with Crippen LogP contribution >= 0.6 is 0 Å². The molecule has 0 radical (unpaired) electrons. The molecule has 0 bridgehead atoms. The molecule has 1 aromatic carbocycles. The lowest BCUT2D eigenvalue weighted by Gasteiger charge is -2.12. The smallest absolute Gasteiger partial charge is 0.341 e. The van der Waals surface area contributed by atoms with Crippen molar-refractivity contribution in [1.82, 2.24) is 4.98 Å². The Morgan fingerprint density at radius 1 is 1.38 bits per heavy atom. The third-order valence-corrected chi connectivity index (χ3v) is 2.84. The third kappa shape index (κ3) is 2.91. The summed E-state index contributed by atoms with van der Waals surface area (Å²) in [5.41, 5.74) is 5.63. The summed E-state index contributed by atoms with van der Waals surface area (Å²) in [5, 5.41) is 2.47. The zero-order valence-electron chi connectivity index (χ0n) is 11.4. The van der Waals surface area contributed by atoms with Gasteiger partial charge in [0, 0.05) is 0 Å². The van der Waals surface area contributed by atoms with E-state index in [1.807, 2.05) is 0 Å². The van der Waals surface area contributed by atoms with Gasteiger partial charge in [0.1, 0.15) is 22.9 Å². The van der Waals surface area contributed by atoms with E-state index in [0.717, 1.165) is 6.07 Å². The number of nitrogens with zero attached hydrogens (tertiary/aromatic N) is 1. The van der Waals surface area contributed by atoms with Crippen molar-refractivity contribution < 1.29 is 18.3 Å². The molecule has 0 atom stereocenters. The fourth-order valence-electron chi connectivity index (χ4n) is 1.74. The maximum Gasteiger partial charge on any atom is 0.341 e. The molecule has 0 aliphatic carbocycles. The van der Waals surface area contributed by atoms with Gasteiger partial charge in [-0.25, -0.2) is 18.6 Å². The minimum atomic E-state index is -0.799. The molecule has 7 heteroatoms. The molecule has 2 rings (SSSR count). The summed E-state index contributed by atoms with van der Waals surface area (Å²) >= 11 is 0. The number of nitrogen functional groups attached to an aromatic ring is 1. The predicted molar refractivity (Wildman–Crippen MR) is 74.4 cm³/mol. The van der Waals surface area contributed by atoms with Gasteiger partial charge in [0.25, 0.3) is 0 Å². The predicted octanol–water partition coefficient (Wildman–Crippen LogP) is 2.78. The van der Waals surface area contributed by atoms with E-state index in [-0.39, 0.29) is 22.6 Å². The maximum atomic E-state index is 14.0. The lowest BCUT2D eigenvalue weighted by Crippen LogP contribution is -2.10. The van der Waals surface area contributed by atoms with Crippen LogP contribution in [0.15, 0.2) is 24.4 Å². The fourth-order valence-corrected chi connectivity index (χ4v) is 1.74. The van der Waals surface area contributed by atoms with Gasteiger partial charge in [-0.2, -0.15) is 0 Å². The Morgan fingerprint density at radius 2 is 2.10 bits per heavy atom. The summed E-state index contributed by atoms with van der Waals surface area (Å²) in [4.78, 5) is 15.6. The minimum Gasteiger partial charge on any atom is -0.465 e. The Bertz CT molecular complexity index is 705. The van der Waals surface area contributed by atoms with Crippen molar-refractivity contribution in [3.8, 4) is 0 Å². The van der Waals surface area contributed by atoms with Crippen LogP contribution in [0.2, 0.25) is 0 Å². The first kappa shape index (κ1) is 14.7. The molecule has 110 valence electrons. The first-order chi connectivity index (χ1) is 9.93. The molecule has 1 aromatic heterocycles. The largest absolute Gasteiger partial charge is 0.465 e. The van der Waals surface area contributed by atoms with Crippen molar-refractivity contribution in [1.29, 1.82) is 0 Å². The summed E-state index contributed by atoms with van der Waals surface area (Å²) < 4.78 is 32.3. The van der Waals surface area contributed by atoms with Crippen LogP contribution in [0.25, 0.3) is 0 Å². The monoisotopic (exact) mass is 293 g/mol. The van der Waals surface area contributed by atoms with Gasteiger partial charge in [-0.1, -0.05) is 6.07 Å². The number of hydrogen-bond donors (Lipinski definition) is 2. The van der Waals surface area contributed by atoms with E-state index in [9.17, 15) is 13.6 Å². The van der Waals surface area contributed by atoms with Crippen LogP contribution in [0.3, 0.4) is 0 Å². The summed E-state index contributed by atoms with van der Waals surface area (Å²) in [7, 11) is 1.18. The maximum absolute atomic E-state index is 14.0. The molecule has 0 saturated heterocycles. The Labute approximate surface area is 119 Å². The number of nitrogens with two attached hydrogens (primary N) is 1. The second-order valence-electron chi connectivity index (χ2n) is 4.33. The lowest BCUT2D eigenvalue weighted by molar-refractivity contribution is 0.0601. The number of ether oxygens (including phenoxy) is 1. The third-order valence-electron chi connectivity index (χ3n) is 2.84. The molecule has 1 heterocycles. The number of hydrogen-bond acceptors (Lipinski definition) is 5. The van der Waals surface area contributed by atoms with Crippen LogP contribution < -0.4 is 11.1 Å². The summed E-state index contributed by atoms with van der Waals surface area (Å²) in [5.74, 6) is -2.32. The highest BCUT2D eigenvalue weighted by Gasteiger charge is 2.18. The number of carbonyl (C=O) groups excluding carboxylic acids is 1.